The first kappa shape index (κ1) is 23.2. The summed E-state index contributed by atoms with van der Waals surface area (Å²) in [6, 6.07) is 7.34. The van der Waals surface area contributed by atoms with E-state index in [0.717, 1.165) is 54.5 Å². The predicted molar refractivity (Wildman–Crippen MR) is 125 cm³/mol. The second-order valence-electron chi connectivity index (χ2n) is 8.36. The molecule has 2 aliphatic heterocycles. The number of piperazine rings is 1. The van der Waals surface area contributed by atoms with Gasteiger partial charge < -0.3 is 9.64 Å². The van der Waals surface area contributed by atoms with Crippen molar-refractivity contribution >= 4 is 27.3 Å². The van der Waals surface area contributed by atoms with Gasteiger partial charge in [0.15, 0.2) is 0 Å². The number of carbonyl (C=O) groups is 1. The fourth-order valence-electron chi connectivity index (χ4n) is 4.36. The second kappa shape index (κ2) is 9.86. The molecule has 0 N–H and O–H groups in total. The Kier molecular flexibility index (Phi) is 7.14. The fraction of sp³-hybridized carbons (Fsp3) is 0.545. The molecule has 0 radical (unpaired) electrons. The van der Waals surface area contributed by atoms with Crippen LogP contribution in [-0.2, 0) is 21.4 Å². The van der Waals surface area contributed by atoms with Gasteiger partial charge in [0.1, 0.15) is 16.8 Å². The van der Waals surface area contributed by atoms with Gasteiger partial charge in [0.25, 0.3) is 0 Å². The van der Waals surface area contributed by atoms with E-state index in [-0.39, 0.29) is 5.91 Å². The molecule has 8 nitrogen and oxygen atoms in total. The number of rotatable bonds is 6. The van der Waals surface area contributed by atoms with Crippen LogP contribution in [0.4, 0.5) is 0 Å². The van der Waals surface area contributed by atoms with Crippen molar-refractivity contribution in [1.82, 2.24) is 19.1 Å². The maximum Gasteiger partial charge on any atom is 0.241 e. The zero-order chi connectivity index (χ0) is 22.7. The lowest BCUT2D eigenvalue weighted by Gasteiger charge is -2.39. The molecule has 1 atom stereocenters. The average Bonchev–Trinajstić information content (AvgIpc) is 3.27. The van der Waals surface area contributed by atoms with Crippen LogP contribution < -0.4 is 4.74 Å². The zero-order valence-corrected chi connectivity index (χ0v) is 20.2. The molecular weight excluding hydrogens is 448 g/mol. The van der Waals surface area contributed by atoms with Gasteiger partial charge >= 0.3 is 0 Å². The van der Waals surface area contributed by atoms with Gasteiger partial charge in [-0.3, -0.25) is 9.69 Å². The highest BCUT2D eigenvalue weighted by Gasteiger charge is 2.37. The summed E-state index contributed by atoms with van der Waals surface area (Å²) in [6.45, 7) is 3.92. The summed E-state index contributed by atoms with van der Waals surface area (Å²) >= 11 is 1.63. The quantitative estimate of drug-likeness (QED) is 0.634. The van der Waals surface area contributed by atoms with Gasteiger partial charge in [0.2, 0.25) is 15.9 Å². The minimum Gasteiger partial charge on any atom is -0.497 e. The number of ether oxygens (including phenoxy) is 1. The molecule has 3 heterocycles. The molecule has 1 aromatic carbocycles. The summed E-state index contributed by atoms with van der Waals surface area (Å²) in [4.78, 5) is 22.0. The third kappa shape index (κ3) is 5.31. The van der Waals surface area contributed by atoms with Gasteiger partial charge in [-0.15, -0.1) is 11.3 Å². The van der Waals surface area contributed by atoms with Crippen LogP contribution in [0.3, 0.4) is 0 Å². The van der Waals surface area contributed by atoms with Crippen molar-refractivity contribution in [1.29, 1.82) is 0 Å². The van der Waals surface area contributed by atoms with Crippen LogP contribution in [-0.4, -0.2) is 85.5 Å². The minimum absolute atomic E-state index is 0.0507. The Morgan fingerprint density at radius 1 is 1.12 bits per heavy atom. The van der Waals surface area contributed by atoms with E-state index < -0.39 is 16.1 Å². The van der Waals surface area contributed by atoms with Crippen LogP contribution in [0.25, 0.3) is 10.6 Å². The van der Waals surface area contributed by atoms with Crippen molar-refractivity contribution in [2.75, 3.05) is 46.1 Å². The molecule has 2 fully saturated rings. The number of amides is 1. The van der Waals surface area contributed by atoms with E-state index in [0.29, 0.717) is 26.1 Å². The number of aromatic nitrogens is 1. The molecule has 0 saturated carbocycles. The number of carbonyl (C=O) groups excluding carboxylic acids is 1. The first-order valence-electron chi connectivity index (χ1n) is 10.9. The second-order valence-corrected chi connectivity index (χ2v) is 11.2. The van der Waals surface area contributed by atoms with E-state index in [2.05, 4.69) is 10.3 Å². The average molecular weight is 479 g/mol. The molecular formula is C22H30N4O4S2. The normalized spacial score (nSPS) is 20.9. The van der Waals surface area contributed by atoms with E-state index in [1.54, 1.807) is 18.4 Å². The van der Waals surface area contributed by atoms with Crippen molar-refractivity contribution in [3.63, 3.8) is 0 Å². The van der Waals surface area contributed by atoms with Crippen LogP contribution in [0.15, 0.2) is 29.6 Å². The number of thiazole rings is 1. The Morgan fingerprint density at radius 2 is 1.84 bits per heavy atom. The molecule has 32 heavy (non-hydrogen) atoms. The lowest BCUT2D eigenvalue weighted by atomic mass is 10.0. The summed E-state index contributed by atoms with van der Waals surface area (Å²) in [6.07, 6.45) is 3.52. The highest BCUT2D eigenvalue weighted by molar-refractivity contribution is 7.88. The summed E-state index contributed by atoms with van der Waals surface area (Å²) in [5.74, 6) is 0.774. The fourth-order valence-corrected chi connectivity index (χ4v) is 6.30. The third-order valence-corrected chi connectivity index (χ3v) is 8.35. The number of piperidine rings is 1. The van der Waals surface area contributed by atoms with Gasteiger partial charge in [0.05, 0.1) is 19.1 Å². The lowest BCUT2D eigenvalue weighted by Crippen LogP contribution is -2.56. The minimum atomic E-state index is -3.37. The SMILES string of the molecule is COc1ccc(-c2nc(CN3CCN(C(=O)C4CCCCN4S(C)(=O)=O)CC3)cs2)cc1. The van der Waals surface area contributed by atoms with E-state index in [9.17, 15) is 13.2 Å². The number of sulfonamides is 1. The third-order valence-electron chi connectivity index (χ3n) is 6.12. The molecule has 2 saturated heterocycles. The van der Waals surface area contributed by atoms with E-state index in [1.165, 1.54) is 10.6 Å². The van der Waals surface area contributed by atoms with Crippen molar-refractivity contribution in [2.24, 2.45) is 0 Å². The first-order valence-corrected chi connectivity index (χ1v) is 13.6. The Labute approximate surface area is 193 Å². The number of benzene rings is 1. The van der Waals surface area contributed by atoms with Crippen LogP contribution >= 0.6 is 11.3 Å². The first-order chi connectivity index (χ1) is 15.3. The zero-order valence-electron chi connectivity index (χ0n) is 18.6. The monoisotopic (exact) mass is 478 g/mol. The molecule has 4 rings (SSSR count). The Hall–Kier alpha value is -2.01. The van der Waals surface area contributed by atoms with Gasteiger partial charge in [0, 0.05) is 50.2 Å². The Morgan fingerprint density at radius 3 is 2.50 bits per heavy atom. The van der Waals surface area contributed by atoms with E-state index in [4.69, 9.17) is 9.72 Å². The molecule has 1 unspecified atom stereocenters. The van der Waals surface area contributed by atoms with Crippen molar-refractivity contribution < 1.29 is 17.9 Å². The maximum absolute atomic E-state index is 13.1. The summed E-state index contributed by atoms with van der Waals surface area (Å²) < 4.78 is 30.8. The maximum atomic E-state index is 13.1. The molecule has 0 bridgehead atoms. The number of methoxy groups -OCH3 is 1. The van der Waals surface area contributed by atoms with Crippen LogP contribution in [0, 0.1) is 0 Å². The molecule has 0 aliphatic carbocycles. The molecule has 1 aromatic heterocycles. The lowest BCUT2D eigenvalue weighted by molar-refractivity contribution is -0.138. The van der Waals surface area contributed by atoms with Crippen LogP contribution in [0.5, 0.6) is 5.75 Å². The largest absolute Gasteiger partial charge is 0.497 e. The number of nitrogens with zero attached hydrogens (tertiary/aromatic N) is 4. The van der Waals surface area contributed by atoms with Gasteiger partial charge in [-0.05, 0) is 37.1 Å². The predicted octanol–water partition coefficient (Wildman–Crippen LogP) is 2.28. The molecule has 2 aromatic rings. The summed E-state index contributed by atoms with van der Waals surface area (Å²) in [7, 11) is -1.72. The van der Waals surface area contributed by atoms with Crippen LogP contribution in [0.1, 0.15) is 25.0 Å². The Balaban J connectivity index is 1.32. The summed E-state index contributed by atoms with van der Waals surface area (Å²) in [5.41, 5.74) is 2.09. The smallest absolute Gasteiger partial charge is 0.241 e. The highest BCUT2D eigenvalue weighted by Crippen LogP contribution is 2.27. The van der Waals surface area contributed by atoms with Gasteiger partial charge in [-0.1, -0.05) is 6.42 Å². The van der Waals surface area contributed by atoms with Crippen molar-refractivity contribution in [3.8, 4) is 16.3 Å². The van der Waals surface area contributed by atoms with Gasteiger partial charge in [-0.25, -0.2) is 13.4 Å². The van der Waals surface area contributed by atoms with Crippen LogP contribution in [0.2, 0.25) is 0 Å². The molecule has 10 heteroatoms. The van der Waals surface area contributed by atoms with Crippen molar-refractivity contribution in [3.05, 3.63) is 35.3 Å². The van der Waals surface area contributed by atoms with E-state index in [1.807, 2.05) is 29.2 Å². The molecule has 1 amide bonds. The van der Waals surface area contributed by atoms with Gasteiger partial charge in [-0.2, -0.15) is 4.31 Å². The standard InChI is InChI=1S/C22H30N4O4S2/c1-30-19-8-6-17(7-9-19)21-23-18(16-31-21)15-24-11-13-25(14-12-24)22(27)20-5-3-4-10-26(20)32(2,28)29/h6-9,16,20H,3-5,10-15H2,1-2H3. The molecule has 174 valence electrons. The Bertz CT molecular complexity index is 1030. The van der Waals surface area contributed by atoms with E-state index >= 15 is 0 Å². The summed E-state index contributed by atoms with van der Waals surface area (Å²) in [5, 5.41) is 3.07. The molecule has 0 spiro atoms. The van der Waals surface area contributed by atoms with Crippen molar-refractivity contribution in [2.45, 2.75) is 31.8 Å². The number of hydrogen-bond donors (Lipinski definition) is 0. The highest BCUT2D eigenvalue weighted by atomic mass is 32.2. The topological polar surface area (TPSA) is 83.1 Å². The molecule has 2 aliphatic rings. The number of hydrogen-bond acceptors (Lipinski definition) is 7.